The Balaban J connectivity index is 0.00000243. The summed E-state index contributed by atoms with van der Waals surface area (Å²) < 4.78 is 0. The Morgan fingerprint density at radius 3 is 2.50 bits per heavy atom. The van der Waals surface area contributed by atoms with Gasteiger partial charge in [-0.15, -0.1) is 24.0 Å². The Morgan fingerprint density at radius 1 is 1.08 bits per heavy atom. The fourth-order valence-electron chi connectivity index (χ4n) is 3.23. The molecule has 0 aromatic heterocycles. The number of aryl methyl sites for hydroxylation is 1. The second-order valence-electron chi connectivity index (χ2n) is 6.73. The SMILES string of the molecule is CN=C(NCc1ccc(C)cc1)NCC1CCN(c2ccccc2)C1.I. The van der Waals surface area contributed by atoms with Crippen molar-refractivity contribution in [3.8, 4) is 0 Å². The highest BCUT2D eigenvalue weighted by molar-refractivity contribution is 14.0. The summed E-state index contributed by atoms with van der Waals surface area (Å²) >= 11 is 0. The van der Waals surface area contributed by atoms with Gasteiger partial charge in [0.05, 0.1) is 0 Å². The van der Waals surface area contributed by atoms with Gasteiger partial charge < -0.3 is 15.5 Å². The molecule has 5 heteroatoms. The molecule has 0 aliphatic carbocycles. The van der Waals surface area contributed by atoms with Gasteiger partial charge in [-0.1, -0.05) is 48.0 Å². The number of nitrogens with one attached hydrogen (secondary N) is 2. The van der Waals surface area contributed by atoms with Gasteiger partial charge in [0.2, 0.25) is 0 Å². The van der Waals surface area contributed by atoms with Crippen molar-refractivity contribution in [3.63, 3.8) is 0 Å². The van der Waals surface area contributed by atoms with Crippen LogP contribution in [-0.4, -0.2) is 32.6 Å². The minimum atomic E-state index is 0. The molecule has 2 aromatic rings. The lowest BCUT2D eigenvalue weighted by molar-refractivity contribution is 0.565. The summed E-state index contributed by atoms with van der Waals surface area (Å²) in [6.45, 7) is 6.09. The molecule has 0 saturated carbocycles. The van der Waals surface area contributed by atoms with E-state index < -0.39 is 0 Å². The van der Waals surface area contributed by atoms with Crippen molar-refractivity contribution in [2.75, 3.05) is 31.6 Å². The molecule has 1 atom stereocenters. The maximum Gasteiger partial charge on any atom is 0.191 e. The molecule has 0 spiro atoms. The summed E-state index contributed by atoms with van der Waals surface area (Å²) in [6, 6.07) is 19.3. The van der Waals surface area contributed by atoms with Crippen molar-refractivity contribution < 1.29 is 0 Å². The van der Waals surface area contributed by atoms with Crippen molar-refractivity contribution in [2.45, 2.75) is 19.9 Å². The number of rotatable bonds is 5. The topological polar surface area (TPSA) is 39.7 Å². The van der Waals surface area contributed by atoms with Gasteiger partial charge in [0.1, 0.15) is 0 Å². The Kier molecular flexibility index (Phi) is 8.22. The maximum absolute atomic E-state index is 4.34. The molecule has 26 heavy (non-hydrogen) atoms. The normalized spacial score (nSPS) is 16.9. The minimum Gasteiger partial charge on any atom is -0.371 e. The zero-order valence-electron chi connectivity index (χ0n) is 15.6. The van der Waals surface area contributed by atoms with Crippen molar-refractivity contribution in [1.82, 2.24) is 10.6 Å². The number of aliphatic imine (C=N–C) groups is 1. The Labute approximate surface area is 174 Å². The Morgan fingerprint density at radius 2 is 1.81 bits per heavy atom. The largest absolute Gasteiger partial charge is 0.371 e. The molecule has 3 rings (SSSR count). The molecule has 1 heterocycles. The van der Waals surface area contributed by atoms with Gasteiger partial charge in [0.25, 0.3) is 0 Å². The Hall–Kier alpha value is -1.76. The molecule has 0 radical (unpaired) electrons. The Bertz CT molecular complexity index is 685. The standard InChI is InChI=1S/C21H28N4.HI/c1-17-8-10-18(11-9-17)14-23-21(22-2)24-15-19-12-13-25(16-19)20-6-4-3-5-7-20;/h3-11,19H,12-16H2,1-2H3,(H2,22,23,24);1H. The number of halogens is 1. The van der Waals surface area contributed by atoms with Gasteiger partial charge in [-0.3, -0.25) is 4.99 Å². The second kappa shape index (κ2) is 10.4. The number of hydrogen-bond acceptors (Lipinski definition) is 2. The number of benzene rings is 2. The first-order valence-corrected chi connectivity index (χ1v) is 9.04. The molecule has 0 amide bonds. The third kappa shape index (κ3) is 5.90. The zero-order chi connectivity index (χ0) is 17.5. The molecule has 4 nitrogen and oxygen atoms in total. The van der Waals surface area contributed by atoms with Crippen molar-refractivity contribution >= 4 is 35.6 Å². The van der Waals surface area contributed by atoms with Crippen LogP contribution in [0.25, 0.3) is 0 Å². The lowest BCUT2D eigenvalue weighted by Gasteiger charge is -2.19. The molecule has 1 fully saturated rings. The molecule has 140 valence electrons. The van der Waals surface area contributed by atoms with E-state index in [-0.39, 0.29) is 24.0 Å². The van der Waals surface area contributed by atoms with E-state index in [1.165, 1.54) is 23.2 Å². The number of guanidine groups is 1. The first kappa shape index (κ1) is 20.6. The average molecular weight is 464 g/mol. The van der Waals surface area contributed by atoms with Gasteiger partial charge >= 0.3 is 0 Å². The van der Waals surface area contributed by atoms with Gasteiger partial charge in [-0.05, 0) is 37.0 Å². The van der Waals surface area contributed by atoms with Crippen LogP contribution in [-0.2, 0) is 6.54 Å². The predicted molar refractivity (Wildman–Crippen MR) is 122 cm³/mol. The van der Waals surface area contributed by atoms with Gasteiger partial charge in [-0.25, -0.2) is 0 Å². The molecular weight excluding hydrogens is 435 g/mol. The third-order valence-electron chi connectivity index (χ3n) is 4.77. The third-order valence-corrected chi connectivity index (χ3v) is 4.77. The fourth-order valence-corrected chi connectivity index (χ4v) is 3.23. The summed E-state index contributed by atoms with van der Waals surface area (Å²) in [5.74, 6) is 1.52. The smallest absolute Gasteiger partial charge is 0.191 e. The number of nitrogens with zero attached hydrogens (tertiary/aromatic N) is 2. The summed E-state index contributed by atoms with van der Waals surface area (Å²) in [7, 11) is 1.83. The monoisotopic (exact) mass is 464 g/mol. The van der Waals surface area contributed by atoms with Crippen LogP contribution < -0.4 is 15.5 Å². The molecule has 1 aliphatic rings. The molecule has 1 unspecified atom stereocenters. The van der Waals surface area contributed by atoms with Gasteiger partial charge in [-0.2, -0.15) is 0 Å². The predicted octanol–water partition coefficient (Wildman–Crippen LogP) is 3.80. The van der Waals surface area contributed by atoms with Crippen molar-refractivity contribution in [2.24, 2.45) is 10.9 Å². The van der Waals surface area contributed by atoms with Crippen LogP contribution >= 0.6 is 24.0 Å². The molecule has 0 bridgehead atoms. The first-order chi connectivity index (χ1) is 12.2. The summed E-state index contributed by atoms with van der Waals surface area (Å²) in [6.07, 6.45) is 1.22. The minimum absolute atomic E-state index is 0. The van der Waals surface area contributed by atoms with Crippen molar-refractivity contribution in [1.29, 1.82) is 0 Å². The van der Waals surface area contributed by atoms with E-state index in [0.29, 0.717) is 5.92 Å². The zero-order valence-corrected chi connectivity index (χ0v) is 17.9. The molecular formula is C21H29IN4. The molecule has 2 aromatic carbocycles. The van der Waals surface area contributed by atoms with E-state index in [1.54, 1.807) is 0 Å². The lowest BCUT2D eigenvalue weighted by atomic mass is 10.1. The summed E-state index contributed by atoms with van der Waals surface area (Å²) in [5, 5.41) is 6.87. The van der Waals surface area contributed by atoms with Crippen LogP contribution in [0.5, 0.6) is 0 Å². The van der Waals surface area contributed by atoms with E-state index >= 15 is 0 Å². The highest BCUT2D eigenvalue weighted by atomic mass is 127. The summed E-state index contributed by atoms with van der Waals surface area (Å²) in [4.78, 5) is 6.81. The van der Waals surface area contributed by atoms with Crippen LogP contribution in [0.4, 0.5) is 5.69 Å². The van der Waals surface area contributed by atoms with E-state index in [4.69, 9.17) is 0 Å². The quantitative estimate of drug-likeness (QED) is 0.402. The molecule has 2 N–H and O–H groups in total. The van der Waals surface area contributed by atoms with Crippen LogP contribution in [0.15, 0.2) is 59.6 Å². The van der Waals surface area contributed by atoms with Crippen LogP contribution in [0.1, 0.15) is 17.5 Å². The highest BCUT2D eigenvalue weighted by Crippen LogP contribution is 2.22. The molecule has 1 saturated heterocycles. The maximum atomic E-state index is 4.34. The molecule has 1 aliphatic heterocycles. The number of para-hydroxylation sites is 1. The van der Waals surface area contributed by atoms with E-state index in [1.807, 2.05) is 7.05 Å². The number of hydrogen-bond donors (Lipinski definition) is 2. The fraction of sp³-hybridized carbons (Fsp3) is 0.381. The lowest BCUT2D eigenvalue weighted by Crippen LogP contribution is -2.39. The van der Waals surface area contributed by atoms with Gasteiger partial charge in [0, 0.05) is 38.9 Å². The van der Waals surface area contributed by atoms with Crippen LogP contribution in [0.3, 0.4) is 0 Å². The van der Waals surface area contributed by atoms with E-state index in [2.05, 4.69) is 82.0 Å². The number of anilines is 1. The van der Waals surface area contributed by atoms with Crippen LogP contribution in [0, 0.1) is 12.8 Å². The second-order valence-corrected chi connectivity index (χ2v) is 6.73. The van der Waals surface area contributed by atoms with Gasteiger partial charge in [0.15, 0.2) is 5.96 Å². The highest BCUT2D eigenvalue weighted by Gasteiger charge is 2.22. The van der Waals surface area contributed by atoms with E-state index in [9.17, 15) is 0 Å². The average Bonchev–Trinajstić information content (AvgIpc) is 3.13. The van der Waals surface area contributed by atoms with Crippen LogP contribution in [0.2, 0.25) is 0 Å². The first-order valence-electron chi connectivity index (χ1n) is 9.04. The van der Waals surface area contributed by atoms with Crippen molar-refractivity contribution in [3.05, 3.63) is 65.7 Å². The summed E-state index contributed by atoms with van der Waals surface area (Å²) in [5.41, 5.74) is 3.88. The van der Waals surface area contributed by atoms with E-state index in [0.717, 1.165) is 32.1 Å².